The van der Waals surface area contributed by atoms with Gasteiger partial charge in [0.25, 0.3) is 0 Å². The molecule has 5 heteroatoms. The highest BCUT2D eigenvalue weighted by atomic mass is 16.5. The van der Waals surface area contributed by atoms with Gasteiger partial charge in [0.15, 0.2) is 11.5 Å². The van der Waals surface area contributed by atoms with Gasteiger partial charge < -0.3 is 14.2 Å². The van der Waals surface area contributed by atoms with Crippen LogP contribution in [0.4, 0.5) is 0 Å². The van der Waals surface area contributed by atoms with E-state index in [0.717, 1.165) is 54.2 Å². The summed E-state index contributed by atoms with van der Waals surface area (Å²) in [5.41, 5.74) is 3.77. The van der Waals surface area contributed by atoms with Crippen LogP contribution in [0.25, 0.3) is 0 Å². The Morgan fingerprint density at radius 2 is 1.74 bits per heavy atom. The molecule has 2 aromatic carbocycles. The number of hydrogen-bond donors (Lipinski definition) is 0. The van der Waals surface area contributed by atoms with E-state index in [1.54, 1.807) is 14.2 Å². The number of aryl methyl sites for hydroxylation is 2. The highest BCUT2D eigenvalue weighted by Crippen LogP contribution is 2.49. The van der Waals surface area contributed by atoms with Crippen LogP contribution in [0.2, 0.25) is 0 Å². The van der Waals surface area contributed by atoms with Gasteiger partial charge in [-0.1, -0.05) is 24.3 Å². The highest BCUT2D eigenvalue weighted by molar-refractivity contribution is 5.93. The second-order valence-corrected chi connectivity index (χ2v) is 8.69. The van der Waals surface area contributed by atoms with Crippen LogP contribution < -0.4 is 9.47 Å². The molecule has 1 aliphatic carbocycles. The molecule has 5 nitrogen and oxygen atoms in total. The Morgan fingerprint density at radius 1 is 1.03 bits per heavy atom. The van der Waals surface area contributed by atoms with E-state index in [0.29, 0.717) is 5.56 Å². The lowest BCUT2D eigenvalue weighted by Crippen LogP contribution is -2.42. The number of nitrogens with zero attached hydrogens (tertiary/aromatic N) is 1. The number of carbonyl (C=O) groups excluding carboxylic acids is 1. The van der Waals surface area contributed by atoms with Crippen LogP contribution >= 0.6 is 0 Å². The summed E-state index contributed by atoms with van der Waals surface area (Å²) >= 11 is 0. The molecule has 0 amide bonds. The monoisotopic (exact) mass is 421 g/mol. The predicted molar refractivity (Wildman–Crippen MR) is 121 cm³/mol. The third-order valence-corrected chi connectivity index (χ3v) is 6.98. The smallest absolute Gasteiger partial charge is 0.343 e. The molecule has 0 N–H and O–H groups in total. The first-order valence-corrected chi connectivity index (χ1v) is 10.8. The lowest BCUT2D eigenvalue weighted by molar-refractivity contribution is 0.0591. The number of likely N-dealkylation sites (N-methyl/N-ethyl adjacent to an activating group) is 1. The maximum absolute atomic E-state index is 12.9. The summed E-state index contributed by atoms with van der Waals surface area (Å²) in [6, 6.07) is 12.3. The first-order valence-electron chi connectivity index (χ1n) is 10.8. The van der Waals surface area contributed by atoms with Crippen molar-refractivity contribution in [2.24, 2.45) is 0 Å². The van der Waals surface area contributed by atoms with Crippen molar-refractivity contribution < 1.29 is 19.0 Å². The number of benzene rings is 2. The minimum atomic E-state index is -0.263. The van der Waals surface area contributed by atoms with E-state index < -0.39 is 0 Å². The van der Waals surface area contributed by atoms with Crippen LogP contribution in [-0.2, 0) is 10.2 Å². The topological polar surface area (TPSA) is 48.0 Å². The standard InChI is InChI=1S/C26H31NO4/c1-17-7-6-8-18(2)24(17)25(28)31-20-11-12-26(13-14-27(3)23(26)16-20)19-9-10-21(29-4)22(15-19)30-5/h6-10,15-16,23H,11-14H2,1-5H3. The summed E-state index contributed by atoms with van der Waals surface area (Å²) in [5.74, 6) is 1.99. The van der Waals surface area contributed by atoms with E-state index in [1.807, 2.05) is 38.1 Å². The van der Waals surface area contributed by atoms with Gasteiger partial charge in [0.1, 0.15) is 5.76 Å². The summed E-state index contributed by atoms with van der Waals surface area (Å²) in [7, 11) is 5.46. The van der Waals surface area contributed by atoms with Crippen LogP contribution in [0, 0.1) is 13.8 Å². The fourth-order valence-electron chi connectivity index (χ4n) is 5.25. The Morgan fingerprint density at radius 3 is 2.42 bits per heavy atom. The number of esters is 1. The van der Waals surface area contributed by atoms with Gasteiger partial charge in [-0.05, 0) is 75.2 Å². The normalized spacial score (nSPS) is 23.1. The molecule has 1 saturated heterocycles. The average molecular weight is 422 g/mol. The van der Waals surface area contributed by atoms with Gasteiger partial charge in [-0.15, -0.1) is 0 Å². The molecule has 1 heterocycles. The van der Waals surface area contributed by atoms with E-state index in [1.165, 1.54) is 5.56 Å². The minimum Gasteiger partial charge on any atom is -0.493 e. The zero-order valence-electron chi connectivity index (χ0n) is 19.0. The highest BCUT2D eigenvalue weighted by Gasteiger charge is 2.48. The number of carbonyl (C=O) groups is 1. The molecule has 164 valence electrons. The molecule has 4 rings (SSSR count). The minimum absolute atomic E-state index is 0.0250. The van der Waals surface area contributed by atoms with Gasteiger partial charge in [0, 0.05) is 17.9 Å². The van der Waals surface area contributed by atoms with E-state index in [9.17, 15) is 4.79 Å². The molecule has 0 saturated carbocycles. The van der Waals surface area contributed by atoms with Gasteiger partial charge in [0.2, 0.25) is 0 Å². The molecule has 0 aromatic heterocycles. The number of allylic oxidation sites excluding steroid dienone is 1. The second-order valence-electron chi connectivity index (χ2n) is 8.69. The van der Waals surface area contributed by atoms with Crippen LogP contribution in [0.3, 0.4) is 0 Å². The Balaban J connectivity index is 1.64. The van der Waals surface area contributed by atoms with E-state index in [4.69, 9.17) is 14.2 Å². The molecule has 2 unspecified atom stereocenters. The fraction of sp³-hybridized carbons (Fsp3) is 0.423. The van der Waals surface area contributed by atoms with Gasteiger partial charge in [-0.25, -0.2) is 4.79 Å². The molecule has 2 atom stereocenters. The summed E-state index contributed by atoms with van der Waals surface area (Å²) in [6.45, 7) is 4.89. The molecule has 1 fully saturated rings. The molecular weight excluding hydrogens is 390 g/mol. The SMILES string of the molecule is COc1ccc(C23CCC(OC(=O)c4c(C)cccc4C)=CC2N(C)CC3)cc1OC. The number of likely N-dealkylation sites (tertiary alicyclic amines) is 1. The lowest BCUT2D eigenvalue weighted by atomic mass is 9.68. The van der Waals surface area contributed by atoms with Crippen LogP contribution in [0.15, 0.2) is 48.2 Å². The maximum atomic E-state index is 12.9. The van der Waals surface area contributed by atoms with Gasteiger partial charge in [-0.3, -0.25) is 4.90 Å². The molecule has 0 radical (unpaired) electrons. The first kappa shape index (κ1) is 21.4. The summed E-state index contributed by atoms with van der Waals surface area (Å²) < 4.78 is 16.9. The van der Waals surface area contributed by atoms with Crippen molar-refractivity contribution in [1.82, 2.24) is 4.90 Å². The average Bonchev–Trinajstić information content (AvgIpc) is 3.10. The summed E-state index contributed by atoms with van der Waals surface area (Å²) in [6.07, 6.45) is 4.86. The Bertz CT molecular complexity index is 1010. The maximum Gasteiger partial charge on any atom is 0.343 e. The summed E-state index contributed by atoms with van der Waals surface area (Å²) in [4.78, 5) is 15.3. The number of ether oxygens (including phenoxy) is 3. The van der Waals surface area contributed by atoms with Crippen molar-refractivity contribution >= 4 is 5.97 Å². The largest absolute Gasteiger partial charge is 0.493 e. The third-order valence-electron chi connectivity index (χ3n) is 6.98. The fourth-order valence-corrected chi connectivity index (χ4v) is 5.25. The first-order chi connectivity index (χ1) is 14.9. The molecule has 31 heavy (non-hydrogen) atoms. The number of fused-ring (bicyclic) bond motifs is 1. The Hall–Kier alpha value is -2.79. The predicted octanol–water partition coefficient (Wildman–Crippen LogP) is 4.80. The molecule has 0 bridgehead atoms. The van der Waals surface area contributed by atoms with Crippen LogP contribution in [-0.4, -0.2) is 44.7 Å². The van der Waals surface area contributed by atoms with Crippen molar-refractivity contribution in [3.63, 3.8) is 0 Å². The molecule has 1 aliphatic heterocycles. The Kier molecular flexibility index (Phi) is 5.80. The quantitative estimate of drug-likeness (QED) is 0.649. The van der Waals surface area contributed by atoms with E-state index in [2.05, 4.69) is 30.2 Å². The number of rotatable bonds is 5. The zero-order chi connectivity index (χ0) is 22.2. The molecular formula is C26H31NO4. The van der Waals surface area contributed by atoms with Crippen molar-refractivity contribution in [3.05, 3.63) is 70.5 Å². The second kappa shape index (κ2) is 8.39. The molecule has 0 spiro atoms. The number of hydrogen-bond acceptors (Lipinski definition) is 5. The van der Waals surface area contributed by atoms with Gasteiger partial charge in [0.05, 0.1) is 19.8 Å². The van der Waals surface area contributed by atoms with E-state index >= 15 is 0 Å². The van der Waals surface area contributed by atoms with Gasteiger partial charge in [-0.2, -0.15) is 0 Å². The third kappa shape index (κ3) is 3.72. The van der Waals surface area contributed by atoms with Crippen molar-refractivity contribution in [3.8, 4) is 11.5 Å². The summed E-state index contributed by atoms with van der Waals surface area (Å²) in [5, 5.41) is 0. The Labute approximate surface area is 184 Å². The van der Waals surface area contributed by atoms with E-state index in [-0.39, 0.29) is 17.4 Å². The zero-order valence-corrected chi connectivity index (χ0v) is 19.0. The molecule has 2 aromatic rings. The van der Waals surface area contributed by atoms with Gasteiger partial charge >= 0.3 is 5.97 Å². The number of methoxy groups -OCH3 is 2. The van der Waals surface area contributed by atoms with Crippen LogP contribution in [0.1, 0.15) is 46.3 Å². The molecule has 2 aliphatic rings. The van der Waals surface area contributed by atoms with Crippen molar-refractivity contribution in [1.29, 1.82) is 0 Å². The van der Waals surface area contributed by atoms with Crippen molar-refractivity contribution in [2.75, 3.05) is 27.8 Å². The lowest BCUT2D eigenvalue weighted by Gasteiger charge is -2.40. The van der Waals surface area contributed by atoms with Crippen LogP contribution in [0.5, 0.6) is 11.5 Å². The van der Waals surface area contributed by atoms with Crippen molar-refractivity contribution in [2.45, 2.75) is 44.6 Å².